The van der Waals surface area contributed by atoms with Crippen LogP contribution in [0.2, 0.25) is 0 Å². The number of anilines is 2. The summed E-state index contributed by atoms with van der Waals surface area (Å²) in [6.45, 7) is -2.49. The molecule has 2 aliphatic heterocycles. The molecular weight excluding hydrogens is 982 g/mol. The van der Waals surface area contributed by atoms with E-state index < -0.39 is 115 Å². The molecule has 15 N–H and O–H groups in total. The first-order valence-electron chi connectivity index (χ1n) is 16.0. The third kappa shape index (κ3) is 11.1. The molecule has 0 radical (unpaired) electrons. The largest absolute Gasteiger partial charge is 0.490 e. The zero-order chi connectivity index (χ0) is 46.0. The van der Waals surface area contributed by atoms with E-state index in [2.05, 4.69) is 60.5 Å². The van der Waals surface area contributed by atoms with Gasteiger partial charge in [-0.15, -0.1) is 0 Å². The van der Waals surface area contributed by atoms with Gasteiger partial charge in [-0.1, -0.05) is 0 Å². The molecule has 2 aliphatic rings. The van der Waals surface area contributed by atoms with Crippen molar-refractivity contribution in [2.24, 2.45) is 0 Å². The van der Waals surface area contributed by atoms with Gasteiger partial charge in [0.1, 0.15) is 48.5 Å². The van der Waals surface area contributed by atoms with Crippen molar-refractivity contribution in [3.8, 4) is 0 Å². The van der Waals surface area contributed by atoms with E-state index in [4.69, 9.17) is 20.9 Å². The summed E-state index contributed by atoms with van der Waals surface area (Å²) in [4.78, 5) is 92.4. The second-order valence-corrected chi connectivity index (χ2v) is 21.7. The SMILES string of the molecule is Nc1nc2c(ncn2[C@@H]2O[C@H](COP(=O)(O)OP(=O)(O)OP(=O)(O)OP(=O)(O)OP(=O)(O)OP(=O)(O)OC[C@H]3O[C@@H](n4cnc5c(N)ncnc54)[C@H](O)[C@@H]3O)[C@@H](O)[C@H]2O)c(=O)[nH]1. The van der Waals surface area contributed by atoms with Crippen LogP contribution < -0.4 is 17.0 Å². The Morgan fingerprint density at radius 3 is 1.45 bits per heavy atom. The highest BCUT2D eigenvalue weighted by Gasteiger charge is 2.52. The molecule has 0 aliphatic carbocycles. The quantitative estimate of drug-likeness (QED) is 0.0444. The van der Waals surface area contributed by atoms with Crippen LogP contribution in [0.15, 0.2) is 23.8 Å². The summed E-state index contributed by atoms with van der Waals surface area (Å²) in [6.07, 6.45) is -11.0. The average Bonchev–Trinajstić information content (AvgIpc) is 3.86. The van der Waals surface area contributed by atoms with Crippen LogP contribution in [0.25, 0.3) is 22.3 Å². The average molecular weight is 1010 g/mol. The van der Waals surface area contributed by atoms with Gasteiger partial charge in [-0.05, 0) is 0 Å². The van der Waals surface area contributed by atoms with Crippen molar-refractivity contribution >= 4 is 81.0 Å². The van der Waals surface area contributed by atoms with Gasteiger partial charge < -0.3 is 70.7 Å². The fourth-order valence-corrected chi connectivity index (χ4v) is 13.3. The molecule has 4 aromatic rings. The van der Waals surface area contributed by atoms with Crippen LogP contribution in [-0.4, -0.2) is 139 Å². The molecule has 0 amide bonds. The number of aliphatic hydroxyl groups is 4. The van der Waals surface area contributed by atoms with E-state index in [1.807, 2.05) is 0 Å². The van der Waals surface area contributed by atoms with Crippen molar-refractivity contribution in [2.45, 2.75) is 49.1 Å². The van der Waals surface area contributed by atoms with Crippen molar-refractivity contribution in [3.05, 3.63) is 29.3 Å². The van der Waals surface area contributed by atoms with Gasteiger partial charge >= 0.3 is 46.9 Å². The van der Waals surface area contributed by atoms with Crippen molar-refractivity contribution in [1.29, 1.82) is 0 Å². The number of nitrogen functional groups attached to an aromatic ring is 2. The molecule has 346 valence electrons. The highest BCUT2D eigenvalue weighted by atomic mass is 31.3. The molecule has 6 rings (SSSR count). The van der Waals surface area contributed by atoms with Crippen molar-refractivity contribution < 1.29 is 117 Å². The predicted molar refractivity (Wildman–Crippen MR) is 190 cm³/mol. The molecule has 14 atom stereocenters. The summed E-state index contributed by atoms with van der Waals surface area (Å²) in [5, 5.41) is 41.8. The van der Waals surface area contributed by atoms with Gasteiger partial charge in [0.05, 0.1) is 25.9 Å². The number of imidazole rings is 2. The van der Waals surface area contributed by atoms with Crippen LogP contribution in [0.4, 0.5) is 11.8 Å². The van der Waals surface area contributed by atoms with E-state index in [1.165, 1.54) is 0 Å². The maximum atomic E-state index is 12.4. The lowest BCUT2D eigenvalue weighted by molar-refractivity contribution is -0.0503. The molecule has 0 saturated carbocycles. The monoisotopic (exact) mass is 1010 g/mol. The molecule has 0 spiro atoms. The van der Waals surface area contributed by atoms with Gasteiger partial charge in [-0.25, -0.2) is 47.3 Å². The number of nitrogens with two attached hydrogens (primary N) is 2. The van der Waals surface area contributed by atoms with E-state index in [0.29, 0.717) is 0 Å². The molecule has 0 aromatic carbocycles. The Hall–Kier alpha value is -2.88. The molecule has 62 heavy (non-hydrogen) atoms. The molecule has 4 aromatic heterocycles. The van der Waals surface area contributed by atoms with E-state index in [-0.39, 0.29) is 34.1 Å². The first kappa shape index (κ1) is 48.6. The number of ether oxygens (including phenoxy) is 2. The van der Waals surface area contributed by atoms with Gasteiger partial charge in [0.15, 0.2) is 35.1 Å². The van der Waals surface area contributed by atoms with E-state index in [1.54, 1.807) is 0 Å². The summed E-state index contributed by atoms with van der Waals surface area (Å²) in [6, 6.07) is 0. The van der Waals surface area contributed by atoms with E-state index in [9.17, 15) is 82.0 Å². The van der Waals surface area contributed by atoms with Gasteiger partial charge in [0.25, 0.3) is 5.56 Å². The highest BCUT2D eigenvalue weighted by Crippen LogP contribution is 2.75. The molecule has 2 saturated heterocycles. The molecule has 6 unspecified atom stereocenters. The number of H-pyrrole nitrogens is 1. The highest BCUT2D eigenvalue weighted by molar-refractivity contribution is 7.72. The Bertz CT molecular complexity index is 2700. The first-order valence-corrected chi connectivity index (χ1v) is 25.0. The lowest BCUT2D eigenvalue weighted by atomic mass is 10.1. The minimum atomic E-state index is -6.61. The molecular formula is C20H30N10O26P6. The normalized spacial score (nSPS) is 30.3. The number of phosphoric ester groups is 2. The number of nitrogens with one attached hydrogen (secondary N) is 1. The van der Waals surface area contributed by atoms with Crippen LogP contribution in [0.5, 0.6) is 0 Å². The van der Waals surface area contributed by atoms with Gasteiger partial charge in [0.2, 0.25) is 5.95 Å². The van der Waals surface area contributed by atoms with Crippen LogP contribution in [0.1, 0.15) is 12.5 Å². The minimum absolute atomic E-state index is 0.0204. The lowest BCUT2D eigenvalue weighted by Gasteiger charge is -2.22. The van der Waals surface area contributed by atoms with Crippen molar-refractivity contribution in [2.75, 3.05) is 24.7 Å². The topological polar surface area (TPSA) is 547 Å². The Morgan fingerprint density at radius 1 is 0.597 bits per heavy atom. The molecule has 2 fully saturated rings. The molecule has 6 heterocycles. The number of rotatable bonds is 18. The third-order valence-corrected chi connectivity index (χ3v) is 17.1. The summed E-state index contributed by atoms with van der Waals surface area (Å²) in [7, 11) is -38.1. The van der Waals surface area contributed by atoms with Crippen molar-refractivity contribution in [1.82, 2.24) is 39.0 Å². The maximum Gasteiger partial charge on any atom is 0.490 e. The number of aromatic amines is 1. The van der Waals surface area contributed by atoms with Gasteiger partial charge in [0, 0.05) is 0 Å². The Balaban J connectivity index is 0.995. The van der Waals surface area contributed by atoms with Crippen LogP contribution >= 0.6 is 46.9 Å². The fourth-order valence-electron chi connectivity index (χ4n) is 5.47. The minimum Gasteiger partial charge on any atom is -0.387 e. The zero-order valence-electron chi connectivity index (χ0n) is 29.7. The predicted octanol–water partition coefficient (Wildman–Crippen LogP) is -2.92. The smallest absolute Gasteiger partial charge is 0.387 e. The Kier molecular flexibility index (Phi) is 13.7. The standard InChI is InChI=1S/C20H30N10O26P6/c21-14-8-15(24-3-23-14)29(4-25-8)18-12(33)10(31)6(50-18)1-48-57(36,37)52-59(40,41)54-61(44,45)56-62(46,47)55-60(42,43)53-58(38,39)49-2-7-11(32)13(34)19(51-7)30-5-26-9-16(30)27-20(22)28-17(9)35/h3-7,10-13,18-19,31-34H,1-2H2,(H,36,37)(H,38,39)(H,40,41)(H,42,43)(H,44,45)(H,46,47)(H2,21,23,24)(H3,22,27,28,35)/t6-,7-,10-,11-,12-,13-,18-,19-/m1/s1. The number of fused-ring (bicyclic) bond motifs is 2. The molecule has 42 heteroatoms. The summed E-state index contributed by atoms with van der Waals surface area (Å²) in [5.41, 5.74) is 9.99. The zero-order valence-corrected chi connectivity index (χ0v) is 35.1. The fraction of sp³-hybridized carbons (Fsp3) is 0.500. The number of nitrogens with zero attached hydrogens (tertiary/aromatic N) is 7. The molecule has 36 nitrogen and oxygen atoms in total. The Morgan fingerprint density at radius 2 is 1.00 bits per heavy atom. The summed E-state index contributed by atoms with van der Waals surface area (Å²) < 4.78 is 114. The van der Waals surface area contributed by atoms with Gasteiger partial charge in [-0.2, -0.15) is 26.5 Å². The number of hydrogen-bond donors (Lipinski definition) is 13. The molecule has 0 bridgehead atoms. The number of aliphatic hydroxyl groups excluding tert-OH is 4. The summed E-state index contributed by atoms with van der Waals surface area (Å²) >= 11 is 0. The number of hydrogen-bond acceptors (Lipinski definition) is 27. The first-order chi connectivity index (χ1) is 28.5. The second-order valence-electron chi connectivity index (χ2n) is 12.3. The van der Waals surface area contributed by atoms with Crippen molar-refractivity contribution in [3.63, 3.8) is 0 Å². The second kappa shape index (κ2) is 17.5. The maximum absolute atomic E-state index is 12.4. The summed E-state index contributed by atoms with van der Waals surface area (Å²) in [5.74, 6) is -0.441. The number of phosphoric acid groups is 6. The van der Waals surface area contributed by atoms with Crippen LogP contribution in [-0.2, 0) is 67.5 Å². The Labute approximate surface area is 340 Å². The van der Waals surface area contributed by atoms with Crippen LogP contribution in [0.3, 0.4) is 0 Å². The van der Waals surface area contributed by atoms with E-state index in [0.717, 1.165) is 28.1 Å². The third-order valence-electron chi connectivity index (χ3n) is 7.90. The van der Waals surface area contributed by atoms with Gasteiger partial charge in [-0.3, -0.25) is 28.0 Å². The number of aromatic nitrogens is 8. The van der Waals surface area contributed by atoms with E-state index >= 15 is 0 Å². The van der Waals surface area contributed by atoms with Crippen LogP contribution in [0, 0.1) is 0 Å². The lowest BCUT2D eigenvalue weighted by Crippen LogP contribution is -2.33.